The van der Waals surface area contributed by atoms with Crippen LogP contribution in [0, 0.1) is 0 Å². The summed E-state index contributed by atoms with van der Waals surface area (Å²) in [6.45, 7) is 1.85. The van der Waals surface area contributed by atoms with Crippen LogP contribution in [0.15, 0.2) is 18.2 Å². The van der Waals surface area contributed by atoms with Gasteiger partial charge in [-0.15, -0.1) is 0 Å². The van der Waals surface area contributed by atoms with Gasteiger partial charge in [0.2, 0.25) is 0 Å². The molecule has 1 aromatic rings. The van der Waals surface area contributed by atoms with Crippen molar-refractivity contribution in [3.8, 4) is 11.5 Å². The summed E-state index contributed by atoms with van der Waals surface area (Å²) < 4.78 is 5.70. The highest BCUT2D eigenvalue weighted by atomic mass is 16.5. The molecule has 0 amide bonds. The van der Waals surface area contributed by atoms with Crippen LogP contribution in [0.1, 0.15) is 24.3 Å². The van der Waals surface area contributed by atoms with Crippen molar-refractivity contribution < 1.29 is 9.84 Å². The van der Waals surface area contributed by atoms with Gasteiger partial charge in [-0.25, -0.2) is 0 Å². The van der Waals surface area contributed by atoms with E-state index in [1.807, 2.05) is 6.07 Å². The second kappa shape index (κ2) is 3.67. The summed E-state index contributed by atoms with van der Waals surface area (Å²) in [7, 11) is 2.16. The number of hydrogen-bond acceptors (Lipinski definition) is 3. The Balaban J connectivity index is 2.02. The molecule has 3 rings (SSSR count). The van der Waals surface area contributed by atoms with E-state index in [1.54, 1.807) is 6.07 Å². The molecule has 2 atom stereocenters. The van der Waals surface area contributed by atoms with Gasteiger partial charge >= 0.3 is 0 Å². The van der Waals surface area contributed by atoms with Gasteiger partial charge in [0.1, 0.15) is 6.61 Å². The SMILES string of the molecule is CN1CCC[C@@H]2c3cccc(O)c3OC[C@H]21. The van der Waals surface area contributed by atoms with E-state index in [1.165, 1.54) is 18.4 Å². The molecule has 2 aliphatic heterocycles. The first-order valence-electron chi connectivity index (χ1n) is 5.92. The molecule has 0 saturated carbocycles. The number of aromatic hydroxyl groups is 1. The van der Waals surface area contributed by atoms with Crippen LogP contribution in [0.2, 0.25) is 0 Å². The van der Waals surface area contributed by atoms with Crippen LogP contribution in [-0.2, 0) is 0 Å². The minimum atomic E-state index is 0.282. The molecule has 2 heterocycles. The van der Waals surface area contributed by atoms with Crippen LogP contribution in [0.25, 0.3) is 0 Å². The van der Waals surface area contributed by atoms with Crippen molar-refractivity contribution in [2.45, 2.75) is 24.8 Å². The van der Waals surface area contributed by atoms with Crippen molar-refractivity contribution in [1.29, 1.82) is 0 Å². The predicted molar refractivity (Wildman–Crippen MR) is 62.0 cm³/mol. The second-order valence-corrected chi connectivity index (χ2v) is 4.80. The van der Waals surface area contributed by atoms with Gasteiger partial charge in [0, 0.05) is 11.5 Å². The number of para-hydroxylation sites is 1. The molecule has 1 N–H and O–H groups in total. The topological polar surface area (TPSA) is 32.7 Å². The van der Waals surface area contributed by atoms with Crippen molar-refractivity contribution in [3.05, 3.63) is 23.8 Å². The molecule has 2 aliphatic rings. The summed E-state index contributed by atoms with van der Waals surface area (Å²) >= 11 is 0. The van der Waals surface area contributed by atoms with Gasteiger partial charge in [0.05, 0.1) is 6.04 Å². The highest BCUT2D eigenvalue weighted by Crippen LogP contribution is 2.44. The fraction of sp³-hybridized carbons (Fsp3) is 0.538. The number of piperidine rings is 1. The van der Waals surface area contributed by atoms with Crippen molar-refractivity contribution in [2.24, 2.45) is 0 Å². The van der Waals surface area contributed by atoms with Crippen molar-refractivity contribution in [1.82, 2.24) is 4.90 Å². The molecule has 1 fully saturated rings. The number of hydrogen-bond donors (Lipinski definition) is 1. The Labute approximate surface area is 95.6 Å². The van der Waals surface area contributed by atoms with Gasteiger partial charge < -0.3 is 9.84 Å². The Morgan fingerprint density at radius 2 is 2.31 bits per heavy atom. The van der Waals surface area contributed by atoms with Crippen molar-refractivity contribution in [2.75, 3.05) is 20.2 Å². The minimum absolute atomic E-state index is 0.282. The molecule has 16 heavy (non-hydrogen) atoms. The quantitative estimate of drug-likeness (QED) is 0.724. The van der Waals surface area contributed by atoms with E-state index in [4.69, 9.17) is 4.74 Å². The number of phenolic OH excluding ortho intramolecular Hbond substituents is 1. The van der Waals surface area contributed by atoms with Crippen molar-refractivity contribution in [3.63, 3.8) is 0 Å². The fourth-order valence-corrected chi connectivity index (χ4v) is 2.99. The van der Waals surface area contributed by atoms with Gasteiger partial charge in [0.15, 0.2) is 11.5 Å². The van der Waals surface area contributed by atoms with Crippen LogP contribution >= 0.6 is 0 Å². The Bertz CT molecular complexity index is 405. The maximum atomic E-state index is 9.77. The highest BCUT2D eigenvalue weighted by Gasteiger charge is 2.36. The van der Waals surface area contributed by atoms with Gasteiger partial charge in [-0.05, 0) is 32.5 Å². The summed E-state index contributed by atoms with van der Waals surface area (Å²) in [6.07, 6.45) is 2.43. The maximum Gasteiger partial charge on any atom is 0.164 e. The first-order valence-corrected chi connectivity index (χ1v) is 5.92. The van der Waals surface area contributed by atoms with E-state index >= 15 is 0 Å². The van der Waals surface area contributed by atoms with Crippen LogP contribution in [0.4, 0.5) is 0 Å². The molecule has 0 aromatic heterocycles. The maximum absolute atomic E-state index is 9.77. The van der Waals surface area contributed by atoms with E-state index in [-0.39, 0.29) is 5.75 Å². The third kappa shape index (κ3) is 1.39. The smallest absolute Gasteiger partial charge is 0.164 e. The molecule has 0 radical (unpaired) electrons. The number of benzene rings is 1. The molecule has 3 nitrogen and oxygen atoms in total. The van der Waals surface area contributed by atoms with Crippen LogP contribution in [0.3, 0.4) is 0 Å². The van der Waals surface area contributed by atoms with E-state index in [9.17, 15) is 5.11 Å². The van der Waals surface area contributed by atoms with E-state index in [0.29, 0.717) is 24.3 Å². The van der Waals surface area contributed by atoms with Crippen LogP contribution in [0.5, 0.6) is 11.5 Å². The number of nitrogens with zero attached hydrogens (tertiary/aromatic N) is 1. The van der Waals surface area contributed by atoms with Gasteiger partial charge in [-0.2, -0.15) is 0 Å². The largest absolute Gasteiger partial charge is 0.504 e. The molecule has 0 bridgehead atoms. The first-order chi connectivity index (χ1) is 7.77. The first kappa shape index (κ1) is 9.97. The molecule has 1 aromatic carbocycles. The molecule has 1 saturated heterocycles. The number of phenols is 1. The summed E-state index contributed by atoms with van der Waals surface area (Å²) in [6, 6.07) is 6.17. The zero-order valence-electron chi connectivity index (χ0n) is 9.52. The predicted octanol–water partition coefficient (Wildman–Crippen LogP) is 1.96. The number of likely N-dealkylation sites (N-methyl/N-ethyl adjacent to an activating group) is 1. The molecule has 0 aliphatic carbocycles. The van der Waals surface area contributed by atoms with Crippen LogP contribution in [-0.4, -0.2) is 36.2 Å². The molecular weight excluding hydrogens is 202 g/mol. The summed E-state index contributed by atoms with van der Waals surface area (Å²) in [5.74, 6) is 1.51. The van der Waals surface area contributed by atoms with E-state index in [0.717, 1.165) is 6.54 Å². The Morgan fingerprint density at radius 3 is 3.19 bits per heavy atom. The Kier molecular flexibility index (Phi) is 2.28. The third-order valence-electron chi connectivity index (χ3n) is 3.88. The summed E-state index contributed by atoms with van der Waals surface area (Å²) in [5.41, 5.74) is 1.18. The normalized spacial score (nSPS) is 29.1. The molecule has 0 unspecified atom stereocenters. The number of likely N-dealkylation sites (tertiary alicyclic amines) is 1. The molecule has 86 valence electrons. The average molecular weight is 219 g/mol. The summed E-state index contributed by atoms with van der Waals surface area (Å²) in [5, 5.41) is 9.77. The Hall–Kier alpha value is -1.22. The Morgan fingerprint density at radius 1 is 1.44 bits per heavy atom. The average Bonchev–Trinajstić information content (AvgIpc) is 2.30. The van der Waals surface area contributed by atoms with Gasteiger partial charge in [0.25, 0.3) is 0 Å². The molecule has 3 heteroatoms. The summed E-state index contributed by atoms with van der Waals surface area (Å²) in [4.78, 5) is 2.38. The zero-order chi connectivity index (χ0) is 11.1. The van der Waals surface area contributed by atoms with Crippen LogP contribution < -0.4 is 4.74 Å². The van der Waals surface area contributed by atoms with Crippen molar-refractivity contribution >= 4 is 0 Å². The lowest BCUT2D eigenvalue weighted by Gasteiger charge is -2.42. The lowest BCUT2D eigenvalue weighted by Crippen LogP contribution is -2.47. The lowest BCUT2D eigenvalue weighted by atomic mass is 9.82. The van der Waals surface area contributed by atoms with Gasteiger partial charge in [-0.1, -0.05) is 12.1 Å². The van der Waals surface area contributed by atoms with E-state index < -0.39 is 0 Å². The number of fused-ring (bicyclic) bond motifs is 3. The lowest BCUT2D eigenvalue weighted by molar-refractivity contribution is 0.0849. The molecule has 0 spiro atoms. The highest BCUT2D eigenvalue weighted by molar-refractivity contribution is 5.49. The second-order valence-electron chi connectivity index (χ2n) is 4.80. The molecular formula is C13H17NO2. The minimum Gasteiger partial charge on any atom is -0.504 e. The van der Waals surface area contributed by atoms with Gasteiger partial charge in [-0.3, -0.25) is 4.90 Å². The standard InChI is InChI=1S/C13H17NO2/c1-14-7-3-5-9-10-4-2-6-12(15)13(10)16-8-11(9)14/h2,4,6,9,11,15H,3,5,7-8H2,1H3/t9-,11-/m1/s1. The van der Waals surface area contributed by atoms with E-state index in [2.05, 4.69) is 18.0 Å². The number of rotatable bonds is 0. The monoisotopic (exact) mass is 219 g/mol. The fourth-order valence-electron chi connectivity index (χ4n) is 2.99. The zero-order valence-corrected chi connectivity index (χ0v) is 9.52. The third-order valence-corrected chi connectivity index (χ3v) is 3.88. The number of ether oxygens (including phenoxy) is 1.